The Kier molecular flexibility index (Phi) is 5.90. The Bertz CT molecular complexity index is 402. The first-order chi connectivity index (χ1) is 9.72. The second-order valence-corrected chi connectivity index (χ2v) is 6.21. The smallest absolute Gasteiger partial charge is 0.122 e. The molecule has 2 rings (SSSR count). The maximum atomic E-state index is 5.75. The van der Waals surface area contributed by atoms with Crippen molar-refractivity contribution < 1.29 is 4.74 Å². The van der Waals surface area contributed by atoms with Gasteiger partial charge in [-0.1, -0.05) is 45.4 Å². The fraction of sp³-hybridized carbons (Fsp3) is 0.667. The number of rotatable bonds is 7. The normalized spacial score (nSPS) is 19.5. The largest absolute Gasteiger partial charge is 0.493 e. The molecular formula is C18H29NO. The number of hydrogen-bond acceptors (Lipinski definition) is 2. The molecule has 1 aliphatic heterocycles. The molecule has 2 atom stereocenters. The van der Waals surface area contributed by atoms with Gasteiger partial charge < -0.3 is 10.1 Å². The zero-order chi connectivity index (χ0) is 14.4. The van der Waals surface area contributed by atoms with Crippen LogP contribution < -0.4 is 10.1 Å². The molecule has 0 spiro atoms. The van der Waals surface area contributed by atoms with Crippen molar-refractivity contribution >= 4 is 0 Å². The van der Waals surface area contributed by atoms with Gasteiger partial charge in [0.1, 0.15) is 5.75 Å². The molecule has 0 amide bonds. The fourth-order valence-electron chi connectivity index (χ4n) is 3.23. The summed E-state index contributed by atoms with van der Waals surface area (Å²) >= 11 is 0. The van der Waals surface area contributed by atoms with Crippen LogP contribution in [0.15, 0.2) is 24.3 Å². The van der Waals surface area contributed by atoms with Crippen LogP contribution in [0.3, 0.4) is 0 Å². The number of para-hydroxylation sites is 1. The van der Waals surface area contributed by atoms with Gasteiger partial charge in [-0.2, -0.15) is 0 Å². The zero-order valence-electron chi connectivity index (χ0n) is 13.2. The number of nitrogens with one attached hydrogen (secondary N) is 1. The van der Waals surface area contributed by atoms with Gasteiger partial charge in [-0.05, 0) is 49.3 Å². The Morgan fingerprint density at radius 3 is 2.85 bits per heavy atom. The van der Waals surface area contributed by atoms with Crippen molar-refractivity contribution in [1.29, 1.82) is 0 Å². The van der Waals surface area contributed by atoms with E-state index in [1.54, 1.807) is 0 Å². The highest BCUT2D eigenvalue weighted by Crippen LogP contribution is 2.36. The van der Waals surface area contributed by atoms with Crippen molar-refractivity contribution in [3.05, 3.63) is 29.8 Å². The van der Waals surface area contributed by atoms with Gasteiger partial charge in [-0.15, -0.1) is 0 Å². The topological polar surface area (TPSA) is 21.3 Å². The standard InChI is InChI=1S/C18H29NO/c1-4-19-17(14(2)3)10-7-8-15-12-13-20-18-11-6-5-9-16(15)18/h5-6,9,11,14-15,17,19H,4,7-8,10,12-13H2,1-3H3. The van der Waals surface area contributed by atoms with Crippen molar-refractivity contribution in [3.63, 3.8) is 0 Å². The molecule has 1 N–H and O–H groups in total. The van der Waals surface area contributed by atoms with Crippen molar-refractivity contribution in [1.82, 2.24) is 5.32 Å². The summed E-state index contributed by atoms with van der Waals surface area (Å²) in [6.45, 7) is 8.78. The molecule has 1 aliphatic rings. The van der Waals surface area contributed by atoms with E-state index in [4.69, 9.17) is 4.74 Å². The molecule has 0 bridgehead atoms. The average molecular weight is 275 g/mol. The second kappa shape index (κ2) is 7.68. The Hall–Kier alpha value is -1.02. The van der Waals surface area contributed by atoms with Gasteiger partial charge in [-0.3, -0.25) is 0 Å². The van der Waals surface area contributed by atoms with E-state index in [-0.39, 0.29) is 0 Å². The van der Waals surface area contributed by atoms with E-state index in [2.05, 4.69) is 50.4 Å². The number of benzene rings is 1. The maximum Gasteiger partial charge on any atom is 0.122 e. The molecule has 1 heterocycles. The van der Waals surface area contributed by atoms with Crippen LogP contribution >= 0.6 is 0 Å². The minimum atomic E-state index is 0.662. The third kappa shape index (κ3) is 3.99. The molecule has 1 aromatic rings. The predicted molar refractivity (Wildman–Crippen MR) is 85.4 cm³/mol. The lowest BCUT2D eigenvalue weighted by Crippen LogP contribution is -2.33. The van der Waals surface area contributed by atoms with Crippen molar-refractivity contribution in [2.45, 2.75) is 58.4 Å². The van der Waals surface area contributed by atoms with E-state index in [0.717, 1.165) is 24.8 Å². The lowest BCUT2D eigenvalue weighted by molar-refractivity contribution is 0.258. The van der Waals surface area contributed by atoms with Crippen molar-refractivity contribution in [3.8, 4) is 5.75 Å². The summed E-state index contributed by atoms with van der Waals surface area (Å²) in [4.78, 5) is 0. The number of ether oxygens (including phenoxy) is 1. The highest BCUT2D eigenvalue weighted by Gasteiger charge is 2.21. The van der Waals surface area contributed by atoms with Crippen LogP contribution in [0, 0.1) is 5.92 Å². The summed E-state index contributed by atoms with van der Waals surface area (Å²) < 4.78 is 5.75. The Morgan fingerprint density at radius 2 is 2.10 bits per heavy atom. The Labute approximate surface area is 123 Å². The molecular weight excluding hydrogens is 246 g/mol. The first kappa shape index (κ1) is 15.4. The fourth-order valence-corrected chi connectivity index (χ4v) is 3.23. The van der Waals surface area contributed by atoms with E-state index in [1.807, 2.05) is 0 Å². The van der Waals surface area contributed by atoms with Gasteiger partial charge in [0.2, 0.25) is 0 Å². The molecule has 1 aromatic carbocycles. The third-order valence-electron chi connectivity index (χ3n) is 4.42. The van der Waals surface area contributed by atoms with Gasteiger partial charge in [0, 0.05) is 6.04 Å². The monoisotopic (exact) mass is 275 g/mol. The maximum absolute atomic E-state index is 5.75. The van der Waals surface area contributed by atoms with E-state index in [9.17, 15) is 0 Å². The molecule has 0 fully saturated rings. The first-order valence-corrected chi connectivity index (χ1v) is 8.17. The molecule has 0 radical (unpaired) electrons. The molecule has 2 heteroatoms. The SMILES string of the molecule is CCNC(CCCC1CCOc2ccccc21)C(C)C. The molecule has 2 unspecified atom stereocenters. The van der Waals surface area contributed by atoms with Crippen LogP contribution in [-0.4, -0.2) is 19.2 Å². The number of fused-ring (bicyclic) bond motifs is 1. The molecule has 0 aliphatic carbocycles. The third-order valence-corrected chi connectivity index (χ3v) is 4.42. The average Bonchev–Trinajstić information content (AvgIpc) is 2.46. The highest BCUT2D eigenvalue weighted by molar-refractivity contribution is 5.37. The van der Waals surface area contributed by atoms with Crippen LogP contribution in [-0.2, 0) is 0 Å². The van der Waals surface area contributed by atoms with E-state index >= 15 is 0 Å². The highest BCUT2D eigenvalue weighted by atomic mass is 16.5. The van der Waals surface area contributed by atoms with Gasteiger partial charge in [-0.25, -0.2) is 0 Å². The van der Waals surface area contributed by atoms with Crippen molar-refractivity contribution in [2.24, 2.45) is 5.92 Å². The molecule has 112 valence electrons. The Morgan fingerprint density at radius 1 is 1.30 bits per heavy atom. The minimum absolute atomic E-state index is 0.662. The molecule has 0 saturated carbocycles. The minimum Gasteiger partial charge on any atom is -0.493 e. The van der Waals surface area contributed by atoms with Gasteiger partial charge in [0.25, 0.3) is 0 Å². The predicted octanol–water partition coefficient (Wildman–Crippen LogP) is 4.36. The molecule has 20 heavy (non-hydrogen) atoms. The van der Waals surface area contributed by atoms with Gasteiger partial charge >= 0.3 is 0 Å². The summed E-state index contributed by atoms with van der Waals surface area (Å²) in [7, 11) is 0. The number of hydrogen-bond donors (Lipinski definition) is 1. The zero-order valence-corrected chi connectivity index (χ0v) is 13.2. The lowest BCUT2D eigenvalue weighted by Gasteiger charge is -2.27. The first-order valence-electron chi connectivity index (χ1n) is 8.17. The Balaban J connectivity index is 1.86. The van der Waals surface area contributed by atoms with Crippen molar-refractivity contribution in [2.75, 3.05) is 13.2 Å². The lowest BCUT2D eigenvalue weighted by atomic mass is 9.87. The van der Waals surface area contributed by atoms with Crippen LogP contribution in [0.2, 0.25) is 0 Å². The molecule has 0 aromatic heterocycles. The summed E-state index contributed by atoms with van der Waals surface area (Å²) in [5, 5.41) is 3.61. The van der Waals surface area contributed by atoms with Gasteiger partial charge in [0.05, 0.1) is 6.61 Å². The summed E-state index contributed by atoms with van der Waals surface area (Å²) in [5.74, 6) is 2.52. The van der Waals surface area contributed by atoms with Crippen LogP contribution in [0.5, 0.6) is 5.75 Å². The van der Waals surface area contributed by atoms with Crippen LogP contribution in [0.25, 0.3) is 0 Å². The van der Waals surface area contributed by atoms with Crippen LogP contribution in [0.4, 0.5) is 0 Å². The van der Waals surface area contributed by atoms with E-state index in [0.29, 0.717) is 12.0 Å². The summed E-state index contributed by atoms with van der Waals surface area (Å²) in [6, 6.07) is 9.22. The molecule has 0 saturated heterocycles. The van der Waals surface area contributed by atoms with Crippen LogP contribution in [0.1, 0.15) is 57.9 Å². The quantitative estimate of drug-likeness (QED) is 0.798. The summed E-state index contributed by atoms with van der Waals surface area (Å²) in [5.41, 5.74) is 1.42. The summed E-state index contributed by atoms with van der Waals surface area (Å²) in [6.07, 6.45) is 5.04. The van der Waals surface area contributed by atoms with E-state index < -0.39 is 0 Å². The molecule has 2 nitrogen and oxygen atoms in total. The second-order valence-electron chi connectivity index (χ2n) is 6.21. The van der Waals surface area contributed by atoms with E-state index in [1.165, 1.54) is 31.2 Å². The van der Waals surface area contributed by atoms with Gasteiger partial charge in [0.15, 0.2) is 0 Å².